The van der Waals surface area contributed by atoms with Gasteiger partial charge in [0.25, 0.3) is 0 Å². The quantitative estimate of drug-likeness (QED) is 0.880. The van der Waals surface area contributed by atoms with Crippen molar-refractivity contribution in [2.45, 2.75) is 31.8 Å². The molecule has 1 fully saturated rings. The molecule has 0 bridgehead atoms. The van der Waals surface area contributed by atoms with Crippen LogP contribution in [0.1, 0.15) is 36.7 Å². The van der Waals surface area contributed by atoms with Crippen molar-refractivity contribution in [1.82, 2.24) is 25.4 Å². The highest BCUT2D eigenvalue weighted by atomic mass is 35.5. The Morgan fingerprint density at radius 1 is 1.35 bits per heavy atom. The van der Waals surface area contributed by atoms with Gasteiger partial charge in [-0.2, -0.15) is 5.10 Å². The highest BCUT2D eigenvalue weighted by molar-refractivity contribution is 6.30. The number of halogens is 1. The maximum atomic E-state index is 12.2. The van der Waals surface area contributed by atoms with E-state index in [0.29, 0.717) is 18.1 Å². The first-order valence-electron chi connectivity index (χ1n) is 7.83. The van der Waals surface area contributed by atoms with Crippen LogP contribution in [0.2, 0.25) is 5.02 Å². The number of benzene rings is 1. The zero-order valence-corrected chi connectivity index (χ0v) is 13.6. The summed E-state index contributed by atoms with van der Waals surface area (Å²) >= 11 is 5.86. The second-order valence-corrected chi connectivity index (χ2v) is 6.19. The predicted octanol–water partition coefficient (Wildman–Crippen LogP) is 2.30. The molecule has 23 heavy (non-hydrogen) atoms. The molecule has 7 heteroatoms. The van der Waals surface area contributed by atoms with Gasteiger partial charge in [-0.3, -0.25) is 14.8 Å². The number of H-pyrrole nitrogens is 1. The number of hydrogen-bond donors (Lipinski definition) is 2. The molecule has 1 aromatic carbocycles. The second kappa shape index (κ2) is 7.57. The Morgan fingerprint density at radius 2 is 2.17 bits per heavy atom. The minimum Gasteiger partial charge on any atom is -0.351 e. The van der Waals surface area contributed by atoms with Crippen molar-refractivity contribution in [3.8, 4) is 0 Å². The third-order valence-electron chi connectivity index (χ3n) is 4.11. The van der Waals surface area contributed by atoms with Gasteiger partial charge in [-0.1, -0.05) is 30.2 Å². The number of aromatic nitrogens is 3. The van der Waals surface area contributed by atoms with E-state index in [1.54, 1.807) is 0 Å². The minimum absolute atomic E-state index is 0.0198. The molecule has 1 atom stereocenters. The lowest BCUT2D eigenvalue weighted by atomic mass is 10.0. The van der Waals surface area contributed by atoms with Crippen LogP contribution in [-0.4, -0.2) is 39.1 Å². The van der Waals surface area contributed by atoms with Gasteiger partial charge in [0.2, 0.25) is 5.91 Å². The molecule has 2 N–H and O–H groups in total. The van der Waals surface area contributed by atoms with E-state index in [9.17, 15) is 4.79 Å². The molecule has 1 aromatic heterocycles. The van der Waals surface area contributed by atoms with Gasteiger partial charge in [0, 0.05) is 11.6 Å². The summed E-state index contributed by atoms with van der Waals surface area (Å²) in [6.45, 7) is 1.79. The zero-order chi connectivity index (χ0) is 16.1. The number of nitrogens with zero attached hydrogens (tertiary/aromatic N) is 3. The average molecular weight is 334 g/mol. The van der Waals surface area contributed by atoms with E-state index < -0.39 is 0 Å². The molecule has 2 heterocycles. The monoisotopic (exact) mass is 333 g/mol. The van der Waals surface area contributed by atoms with E-state index in [2.05, 4.69) is 25.4 Å². The summed E-state index contributed by atoms with van der Waals surface area (Å²) in [4.78, 5) is 18.7. The van der Waals surface area contributed by atoms with Crippen molar-refractivity contribution in [3.05, 3.63) is 47.0 Å². The zero-order valence-electron chi connectivity index (χ0n) is 12.8. The van der Waals surface area contributed by atoms with Gasteiger partial charge in [0.1, 0.15) is 12.2 Å². The van der Waals surface area contributed by atoms with Crippen molar-refractivity contribution in [3.63, 3.8) is 0 Å². The van der Waals surface area contributed by atoms with Gasteiger partial charge in [-0.05, 0) is 37.1 Å². The van der Waals surface area contributed by atoms with Crippen molar-refractivity contribution < 1.29 is 4.79 Å². The molecule has 3 rings (SSSR count). The van der Waals surface area contributed by atoms with Gasteiger partial charge < -0.3 is 5.32 Å². The molecule has 1 aliphatic heterocycles. The summed E-state index contributed by atoms with van der Waals surface area (Å²) in [5.41, 5.74) is 1.04. The Hall–Kier alpha value is -1.92. The lowest BCUT2D eigenvalue weighted by Crippen LogP contribution is -2.41. The summed E-state index contributed by atoms with van der Waals surface area (Å²) in [6.07, 6.45) is 4.77. The molecule has 6 nitrogen and oxygen atoms in total. The number of carbonyl (C=O) groups excluding carboxylic acids is 1. The molecule has 1 aliphatic rings. The van der Waals surface area contributed by atoms with E-state index in [4.69, 9.17) is 11.6 Å². The average Bonchev–Trinajstić information content (AvgIpc) is 3.09. The first kappa shape index (κ1) is 16.0. The Labute approximate surface area is 140 Å². The lowest BCUT2D eigenvalue weighted by Gasteiger charge is -2.33. The highest BCUT2D eigenvalue weighted by Gasteiger charge is 2.27. The molecule has 122 valence electrons. The second-order valence-electron chi connectivity index (χ2n) is 5.76. The molecule has 2 aromatic rings. The van der Waals surface area contributed by atoms with Crippen LogP contribution in [0.4, 0.5) is 0 Å². The number of likely N-dealkylation sites (tertiary alicyclic amines) is 1. The molecular formula is C16H20ClN5O. The number of rotatable bonds is 5. The van der Waals surface area contributed by atoms with Crippen molar-refractivity contribution in [2.24, 2.45) is 0 Å². The predicted molar refractivity (Wildman–Crippen MR) is 87.8 cm³/mol. The van der Waals surface area contributed by atoms with Crippen LogP contribution in [0.15, 0.2) is 30.6 Å². The van der Waals surface area contributed by atoms with E-state index in [1.165, 1.54) is 6.33 Å². The summed E-state index contributed by atoms with van der Waals surface area (Å²) in [5, 5.41) is 10.5. The molecule has 0 radical (unpaired) electrons. The SMILES string of the molecule is O=C(CN1CCCCC1c1ncn[nH]1)NCc1ccc(Cl)cc1. The maximum Gasteiger partial charge on any atom is 0.234 e. The smallest absolute Gasteiger partial charge is 0.234 e. The third kappa shape index (κ3) is 4.30. The van der Waals surface area contributed by atoms with Gasteiger partial charge in [0.15, 0.2) is 0 Å². The topological polar surface area (TPSA) is 73.9 Å². The summed E-state index contributed by atoms with van der Waals surface area (Å²) < 4.78 is 0. The van der Waals surface area contributed by atoms with Crippen molar-refractivity contribution in [1.29, 1.82) is 0 Å². The molecule has 1 amide bonds. The van der Waals surface area contributed by atoms with Crippen LogP contribution < -0.4 is 5.32 Å². The normalized spacial score (nSPS) is 18.7. The molecule has 0 spiro atoms. The fourth-order valence-electron chi connectivity index (χ4n) is 2.91. The number of amides is 1. The van der Waals surface area contributed by atoms with Crippen molar-refractivity contribution >= 4 is 17.5 Å². The fraction of sp³-hybridized carbons (Fsp3) is 0.438. The van der Waals surface area contributed by atoms with Gasteiger partial charge in [-0.25, -0.2) is 4.98 Å². The van der Waals surface area contributed by atoms with Crippen LogP contribution in [-0.2, 0) is 11.3 Å². The number of hydrogen-bond acceptors (Lipinski definition) is 4. The molecule has 0 aliphatic carbocycles. The molecule has 1 saturated heterocycles. The molecule has 1 unspecified atom stereocenters. The summed E-state index contributed by atoms with van der Waals surface area (Å²) in [6, 6.07) is 7.63. The van der Waals surface area contributed by atoms with Gasteiger partial charge >= 0.3 is 0 Å². The third-order valence-corrected chi connectivity index (χ3v) is 4.36. The van der Waals surface area contributed by atoms with Crippen LogP contribution in [0.25, 0.3) is 0 Å². The highest BCUT2D eigenvalue weighted by Crippen LogP contribution is 2.27. The van der Waals surface area contributed by atoms with Gasteiger partial charge in [0.05, 0.1) is 12.6 Å². The number of carbonyl (C=O) groups is 1. The van der Waals surface area contributed by atoms with Gasteiger partial charge in [-0.15, -0.1) is 0 Å². The van der Waals surface area contributed by atoms with E-state index in [1.807, 2.05) is 24.3 Å². The van der Waals surface area contributed by atoms with E-state index in [0.717, 1.165) is 37.2 Å². The summed E-state index contributed by atoms with van der Waals surface area (Å²) in [5.74, 6) is 0.863. The van der Waals surface area contributed by atoms with Crippen LogP contribution >= 0.6 is 11.6 Å². The van der Waals surface area contributed by atoms with Crippen LogP contribution in [0, 0.1) is 0 Å². The Bertz CT molecular complexity index is 628. The van der Waals surface area contributed by atoms with Crippen LogP contribution in [0.3, 0.4) is 0 Å². The lowest BCUT2D eigenvalue weighted by molar-refractivity contribution is -0.123. The first-order valence-corrected chi connectivity index (χ1v) is 8.20. The number of nitrogens with one attached hydrogen (secondary N) is 2. The molecule has 0 saturated carbocycles. The Balaban J connectivity index is 1.54. The summed E-state index contributed by atoms with van der Waals surface area (Å²) in [7, 11) is 0. The minimum atomic E-state index is 0.0198. The molecular weight excluding hydrogens is 314 g/mol. The fourth-order valence-corrected chi connectivity index (χ4v) is 3.03. The number of piperidine rings is 1. The Morgan fingerprint density at radius 3 is 2.91 bits per heavy atom. The van der Waals surface area contributed by atoms with E-state index >= 15 is 0 Å². The standard InChI is InChI=1S/C16H20ClN5O/c17-13-6-4-12(5-7-13)9-18-15(23)10-22-8-2-1-3-14(22)16-19-11-20-21-16/h4-7,11,14H,1-3,8-10H2,(H,18,23)(H,19,20,21). The van der Waals surface area contributed by atoms with E-state index in [-0.39, 0.29) is 11.9 Å². The van der Waals surface area contributed by atoms with Crippen LogP contribution in [0.5, 0.6) is 0 Å². The van der Waals surface area contributed by atoms with Crippen molar-refractivity contribution in [2.75, 3.05) is 13.1 Å². The first-order chi connectivity index (χ1) is 11.2. The Kier molecular flexibility index (Phi) is 5.25. The largest absolute Gasteiger partial charge is 0.351 e. The number of aromatic amines is 1. The maximum absolute atomic E-state index is 12.2.